The fourth-order valence-electron chi connectivity index (χ4n) is 1.30. The van der Waals surface area contributed by atoms with Gasteiger partial charge in [-0.1, -0.05) is 22.9 Å². The van der Waals surface area contributed by atoms with Gasteiger partial charge in [0.15, 0.2) is 23.5 Å². The van der Waals surface area contributed by atoms with Crippen LogP contribution in [-0.2, 0) is 4.79 Å². The molecule has 0 bridgehead atoms. The molecule has 0 saturated carbocycles. The minimum atomic E-state index is -1.23. The third kappa shape index (κ3) is 3.29. The van der Waals surface area contributed by atoms with Crippen molar-refractivity contribution in [2.24, 2.45) is 0 Å². The highest BCUT2D eigenvalue weighted by molar-refractivity contribution is 9.10. The van der Waals surface area contributed by atoms with E-state index in [4.69, 9.17) is 9.84 Å². The summed E-state index contributed by atoms with van der Waals surface area (Å²) in [6, 6.07) is 2.54. The lowest BCUT2D eigenvalue weighted by molar-refractivity contribution is -0.144. The van der Waals surface area contributed by atoms with E-state index in [2.05, 4.69) is 15.9 Å². The highest BCUT2D eigenvalue weighted by Crippen LogP contribution is 2.29. The van der Waals surface area contributed by atoms with Crippen LogP contribution in [0.4, 0.5) is 4.39 Å². The topological polar surface area (TPSA) is 63.6 Å². The van der Waals surface area contributed by atoms with E-state index < -0.39 is 17.9 Å². The lowest BCUT2D eigenvalue weighted by atomic mass is 10.1. The second-order valence-corrected chi connectivity index (χ2v) is 4.56. The number of halogens is 2. The molecule has 0 radical (unpaired) electrons. The first-order valence-electron chi connectivity index (χ1n) is 5.28. The number of ketones is 1. The van der Waals surface area contributed by atoms with Gasteiger partial charge in [-0.3, -0.25) is 4.79 Å². The molecule has 98 valence electrons. The molecule has 1 aromatic rings. The molecule has 0 heterocycles. The number of carboxylic acid groups (broad SMARTS) is 1. The minimum Gasteiger partial charge on any atom is -0.479 e. The fourth-order valence-corrected chi connectivity index (χ4v) is 1.73. The first kappa shape index (κ1) is 14.6. The molecule has 0 aliphatic carbocycles. The predicted molar refractivity (Wildman–Crippen MR) is 66.4 cm³/mol. The van der Waals surface area contributed by atoms with E-state index >= 15 is 0 Å². The molecule has 1 aromatic carbocycles. The Bertz CT molecular complexity index is 487. The molecule has 18 heavy (non-hydrogen) atoms. The second kappa shape index (κ2) is 5.95. The van der Waals surface area contributed by atoms with E-state index in [0.29, 0.717) is 4.47 Å². The van der Waals surface area contributed by atoms with Gasteiger partial charge in [0.05, 0.1) is 5.56 Å². The number of ether oxygens (including phenoxy) is 1. The van der Waals surface area contributed by atoms with Crippen LogP contribution in [0.25, 0.3) is 0 Å². The van der Waals surface area contributed by atoms with Crippen LogP contribution in [0.2, 0.25) is 0 Å². The molecule has 0 spiro atoms. The monoisotopic (exact) mass is 318 g/mol. The van der Waals surface area contributed by atoms with E-state index in [1.54, 1.807) is 6.92 Å². The Hall–Kier alpha value is -1.43. The Labute approximate surface area is 112 Å². The van der Waals surface area contributed by atoms with Gasteiger partial charge in [0, 0.05) is 10.9 Å². The van der Waals surface area contributed by atoms with E-state index in [1.807, 2.05) is 0 Å². The zero-order valence-electron chi connectivity index (χ0n) is 9.87. The Morgan fingerprint density at radius 3 is 2.61 bits per heavy atom. The number of hydrogen-bond acceptors (Lipinski definition) is 3. The number of carboxylic acids is 1. The van der Waals surface area contributed by atoms with Crippen molar-refractivity contribution >= 4 is 27.7 Å². The molecule has 0 aliphatic heterocycles. The van der Waals surface area contributed by atoms with Gasteiger partial charge in [0.25, 0.3) is 0 Å². The summed E-state index contributed by atoms with van der Waals surface area (Å²) >= 11 is 3.08. The molecular weight excluding hydrogens is 307 g/mol. The van der Waals surface area contributed by atoms with Crippen molar-refractivity contribution in [3.63, 3.8) is 0 Å². The van der Waals surface area contributed by atoms with E-state index in [9.17, 15) is 14.0 Å². The number of carbonyl (C=O) groups excluding carboxylic acids is 1. The maximum absolute atomic E-state index is 13.7. The fraction of sp³-hybridized carbons (Fsp3) is 0.333. The summed E-state index contributed by atoms with van der Waals surface area (Å²) in [5.41, 5.74) is 0.0393. The van der Waals surface area contributed by atoms with Gasteiger partial charge < -0.3 is 9.84 Å². The normalized spacial score (nSPS) is 12.0. The molecule has 6 heteroatoms. The summed E-state index contributed by atoms with van der Waals surface area (Å²) in [6.45, 7) is 2.90. The van der Waals surface area contributed by atoms with Gasteiger partial charge in [0.2, 0.25) is 0 Å². The van der Waals surface area contributed by atoms with Crippen LogP contribution in [0.5, 0.6) is 5.75 Å². The minimum absolute atomic E-state index is 0.0393. The predicted octanol–water partition coefficient (Wildman–Crippen LogP) is 3.03. The SMILES string of the molecule is CCC(=O)c1cc(Br)cc(F)c1OC(C)C(=O)O. The van der Waals surface area contributed by atoms with Crippen molar-refractivity contribution in [3.8, 4) is 5.75 Å². The van der Waals surface area contributed by atoms with Crippen molar-refractivity contribution in [1.82, 2.24) is 0 Å². The third-order valence-electron chi connectivity index (χ3n) is 2.27. The maximum atomic E-state index is 13.7. The van der Waals surface area contributed by atoms with Crippen LogP contribution >= 0.6 is 15.9 Å². The van der Waals surface area contributed by atoms with Gasteiger partial charge in [0.1, 0.15) is 0 Å². The van der Waals surface area contributed by atoms with Crippen LogP contribution in [0, 0.1) is 5.82 Å². The van der Waals surface area contributed by atoms with Crippen molar-refractivity contribution in [1.29, 1.82) is 0 Å². The molecule has 0 amide bonds. The smallest absolute Gasteiger partial charge is 0.344 e. The molecule has 1 unspecified atom stereocenters. The molecule has 0 fully saturated rings. The van der Waals surface area contributed by atoms with Crippen LogP contribution in [0.15, 0.2) is 16.6 Å². The summed E-state index contributed by atoms with van der Waals surface area (Å²) in [7, 11) is 0. The summed E-state index contributed by atoms with van der Waals surface area (Å²) in [5.74, 6) is -2.63. The molecule has 1 atom stereocenters. The zero-order valence-corrected chi connectivity index (χ0v) is 11.5. The molecule has 1 N–H and O–H groups in total. The third-order valence-corrected chi connectivity index (χ3v) is 2.73. The van der Waals surface area contributed by atoms with E-state index in [-0.39, 0.29) is 23.5 Å². The molecule has 0 aliphatic rings. The number of benzene rings is 1. The van der Waals surface area contributed by atoms with E-state index in [1.165, 1.54) is 13.0 Å². The Morgan fingerprint density at radius 2 is 2.11 bits per heavy atom. The highest BCUT2D eigenvalue weighted by Gasteiger charge is 2.21. The summed E-state index contributed by atoms with van der Waals surface area (Å²) < 4.78 is 19.1. The van der Waals surface area contributed by atoms with Crippen LogP contribution in [0.3, 0.4) is 0 Å². The van der Waals surface area contributed by atoms with Gasteiger partial charge in [-0.25, -0.2) is 9.18 Å². The average Bonchev–Trinajstić information content (AvgIpc) is 2.30. The molecule has 0 aromatic heterocycles. The Morgan fingerprint density at radius 1 is 1.50 bits per heavy atom. The Balaban J connectivity index is 3.23. The quantitative estimate of drug-likeness (QED) is 0.847. The van der Waals surface area contributed by atoms with Crippen molar-refractivity contribution in [3.05, 3.63) is 28.0 Å². The van der Waals surface area contributed by atoms with Crippen molar-refractivity contribution in [2.45, 2.75) is 26.4 Å². The second-order valence-electron chi connectivity index (χ2n) is 3.64. The number of rotatable bonds is 5. The van der Waals surface area contributed by atoms with Crippen LogP contribution in [-0.4, -0.2) is 23.0 Å². The van der Waals surface area contributed by atoms with E-state index in [0.717, 1.165) is 6.07 Å². The summed E-state index contributed by atoms with van der Waals surface area (Å²) in [4.78, 5) is 22.4. The molecular formula is C12H12BrFO4. The largest absolute Gasteiger partial charge is 0.479 e. The lowest BCUT2D eigenvalue weighted by Crippen LogP contribution is -2.24. The molecule has 4 nitrogen and oxygen atoms in total. The first-order valence-corrected chi connectivity index (χ1v) is 6.07. The lowest BCUT2D eigenvalue weighted by Gasteiger charge is -2.14. The first-order chi connectivity index (χ1) is 8.36. The number of carbonyl (C=O) groups is 2. The van der Waals surface area contributed by atoms with Gasteiger partial charge in [-0.2, -0.15) is 0 Å². The Kier molecular flexibility index (Phi) is 4.84. The zero-order chi connectivity index (χ0) is 13.9. The molecule has 1 rings (SSSR count). The standard InChI is InChI=1S/C12H12BrFO4/c1-3-10(15)8-4-7(13)5-9(14)11(8)18-6(2)12(16)17/h4-6H,3H2,1-2H3,(H,16,17). The highest BCUT2D eigenvalue weighted by atomic mass is 79.9. The average molecular weight is 319 g/mol. The summed E-state index contributed by atoms with van der Waals surface area (Å²) in [6.07, 6.45) is -1.06. The van der Waals surface area contributed by atoms with Gasteiger partial charge >= 0.3 is 5.97 Å². The maximum Gasteiger partial charge on any atom is 0.344 e. The summed E-state index contributed by atoms with van der Waals surface area (Å²) in [5, 5.41) is 8.73. The van der Waals surface area contributed by atoms with Gasteiger partial charge in [-0.05, 0) is 19.1 Å². The number of Topliss-reactive ketones (excluding diaryl/α,β-unsaturated/α-hetero) is 1. The number of aliphatic carboxylic acids is 1. The van der Waals surface area contributed by atoms with Crippen LogP contribution in [0.1, 0.15) is 30.6 Å². The van der Waals surface area contributed by atoms with Crippen molar-refractivity contribution in [2.75, 3.05) is 0 Å². The molecule has 0 saturated heterocycles. The van der Waals surface area contributed by atoms with Gasteiger partial charge in [-0.15, -0.1) is 0 Å². The number of hydrogen-bond donors (Lipinski definition) is 1. The van der Waals surface area contributed by atoms with Crippen LogP contribution < -0.4 is 4.74 Å². The van der Waals surface area contributed by atoms with Crippen molar-refractivity contribution < 1.29 is 23.8 Å².